The third-order valence-corrected chi connectivity index (χ3v) is 4.97. The Kier molecular flexibility index (Phi) is 4.40. The van der Waals surface area contributed by atoms with Crippen molar-refractivity contribution >= 4 is 15.7 Å². The van der Waals surface area contributed by atoms with Gasteiger partial charge in [-0.3, -0.25) is 0 Å². The molecule has 0 aliphatic heterocycles. The van der Waals surface area contributed by atoms with Gasteiger partial charge in [0.05, 0.1) is 11.5 Å². The number of nitrogens with two attached hydrogens (primary N) is 1. The lowest BCUT2D eigenvalue weighted by atomic mass is 10.1. The summed E-state index contributed by atoms with van der Waals surface area (Å²) in [6.45, 7) is 6.90. The summed E-state index contributed by atoms with van der Waals surface area (Å²) in [6, 6.07) is 4.67. The monoisotopic (exact) mass is 400 g/mol. The second-order valence-electron chi connectivity index (χ2n) is 5.77. The number of hydrogen-bond donors (Lipinski definition) is 3. The summed E-state index contributed by atoms with van der Waals surface area (Å²) >= 11 is 0. The number of ether oxygens (including phenoxy) is 1. The van der Waals surface area contributed by atoms with E-state index < -0.39 is 55.7 Å². The van der Waals surface area contributed by atoms with Crippen LogP contribution in [0.3, 0.4) is 0 Å². The number of sulfonamides is 1. The van der Waals surface area contributed by atoms with Crippen LogP contribution in [0.4, 0.5) is 18.9 Å². The molecule has 2 aromatic carbocycles. The Labute approximate surface area is 151 Å². The maximum Gasteiger partial charge on any atom is 0.307 e. The lowest BCUT2D eigenvalue weighted by Gasteiger charge is -2.18. The zero-order valence-electron chi connectivity index (χ0n) is 13.2. The van der Waals surface area contributed by atoms with Gasteiger partial charge in [-0.15, -0.1) is 0 Å². The SMILES string of the molecule is [C-]#[N+]c1cc(F)cc(Oc2ccc(S(N)(=O)=O)c3c2[C@@H](O)C(F)(F)[C@H]3O)c1. The van der Waals surface area contributed by atoms with Gasteiger partial charge in [0.15, 0.2) is 5.69 Å². The van der Waals surface area contributed by atoms with Crippen LogP contribution in [0.2, 0.25) is 0 Å². The minimum atomic E-state index is -4.50. The summed E-state index contributed by atoms with van der Waals surface area (Å²) in [5, 5.41) is 24.8. The summed E-state index contributed by atoms with van der Waals surface area (Å²) in [5.74, 6) is -5.63. The third kappa shape index (κ3) is 3.13. The highest BCUT2D eigenvalue weighted by Crippen LogP contribution is 2.55. The Morgan fingerprint density at radius 2 is 1.78 bits per heavy atom. The second kappa shape index (κ2) is 6.21. The molecule has 1 aliphatic rings. The molecule has 7 nitrogen and oxygen atoms in total. The molecule has 2 atom stereocenters. The van der Waals surface area contributed by atoms with Gasteiger partial charge >= 0.3 is 5.92 Å². The summed E-state index contributed by atoms with van der Waals surface area (Å²) in [5.41, 5.74) is -1.62. The molecule has 2 aromatic rings. The molecule has 3 rings (SSSR count). The Balaban J connectivity index is 2.21. The van der Waals surface area contributed by atoms with E-state index in [2.05, 4.69) is 4.85 Å². The Morgan fingerprint density at radius 3 is 2.37 bits per heavy atom. The van der Waals surface area contributed by atoms with Crippen molar-refractivity contribution < 1.29 is 36.5 Å². The lowest BCUT2D eigenvalue weighted by Crippen LogP contribution is -2.27. The Hall–Kier alpha value is -2.65. The van der Waals surface area contributed by atoms with Gasteiger partial charge in [0.25, 0.3) is 0 Å². The first-order chi connectivity index (χ1) is 12.5. The smallest absolute Gasteiger partial charge is 0.307 e. The molecule has 142 valence electrons. The van der Waals surface area contributed by atoms with Crippen molar-refractivity contribution in [1.29, 1.82) is 0 Å². The van der Waals surface area contributed by atoms with Gasteiger partial charge in [-0.2, -0.15) is 0 Å². The maximum absolute atomic E-state index is 14.1. The molecule has 4 N–H and O–H groups in total. The zero-order valence-corrected chi connectivity index (χ0v) is 14.0. The molecule has 0 bridgehead atoms. The number of aliphatic hydroxyl groups is 2. The van der Waals surface area contributed by atoms with E-state index in [-0.39, 0.29) is 11.4 Å². The minimum absolute atomic E-state index is 0.131. The first kappa shape index (κ1) is 19.1. The first-order valence-corrected chi connectivity index (χ1v) is 8.81. The van der Waals surface area contributed by atoms with E-state index in [0.717, 1.165) is 30.3 Å². The molecule has 0 unspecified atom stereocenters. The standard InChI is InChI=1S/C16H11F3N2O5S/c1-21-8-4-7(17)5-9(6-8)26-10-2-3-11(27(20,24)25)13-12(10)14(22)16(18,19)15(13)23/h2-6,14-15,22-23H,(H2,20,24,25)/t14-,15+/m1/s1. The molecule has 11 heteroatoms. The molecule has 0 amide bonds. The van der Waals surface area contributed by atoms with Gasteiger partial charge in [-0.1, -0.05) is 0 Å². The van der Waals surface area contributed by atoms with Crippen molar-refractivity contribution in [3.05, 3.63) is 58.7 Å². The van der Waals surface area contributed by atoms with E-state index >= 15 is 0 Å². The van der Waals surface area contributed by atoms with Crippen LogP contribution in [0.5, 0.6) is 11.5 Å². The number of benzene rings is 2. The molecule has 0 fully saturated rings. The predicted octanol–water partition coefficient (Wildman–Crippen LogP) is 2.53. The number of alkyl halides is 2. The van der Waals surface area contributed by atoms with Crippen LogP contribution in [0.25, 0.3) is 4.85 Å². The highest BCUT2D eigenvalue weighted by molar-refractivity contribution is 7.89. The first-order valence-electron chi connectivity index (χ1n) is 7.26. The number of rotatable bonds is 3. The summed E-state index contributed by atoms with van der Waals surface area (Å²) in [6.07, 6.45) is -5.24. The molecule has 1 aliphatic carbocycles. The Morgan fingerprint density at radius 1 is 1.15 bits per heavy atom. The van der Waals surface area contributed by atoms with Crippen molar-refractivity contribution in [3.8, 4) is 11.5 Å². The number of primary sulfonamides is 1. The van der Waals surface area contributed by atoms with Crippen molar-refractivity contribution in [2.24, 2.45) is 5.14 Å². The highest BCUT2D eigenvalue weighted by atomic mass is 32.2. The van der Waals surface area contributed by atoms with Gasteiger partial charge in [0, 0.05) is 17.2 Å². The van der Waals surface area contributed by atoms with E-state index in [1.54, 1.807) is 0 Å². The second-order valence-corrected chi connectivity index (χ2v) is 7.30. The number of nitrogens with zero attached hydrogens (tertiary/aromatic N) is 1. The fourth-order valence-electron chi connectivity index (χ4n) is 2.83. The molecule has 0 heterocycles. The van der Waals surface area contributed by atoms with Gasteiger partial charge in [-0.05, 0) is 24.3 Å². The summed E-state index contributed by atoms with van der Waals surface area (Å²) in [7, 11) is -4.50. The van der Waals surface area contributed by atoms with Gasteiger partial charge in [0.1, 0.15) is 29.5 Å². The number of aliphatic hydroxyl groups excluding tert-OH is 2. The van der Waals surface area contributed by atoms with Crippen LogP contribution < -0.4 is 9.88 Å². The Bertz CT molecular complexity index is 1080. The molecular weight excluding hydrogens is 389 g/mol. The average molecular weight is 400 g/mol. The lowest BCUT2D eigenvalue weighted by molar-refractivity contribution is -0.166. The van der Waals surface area contributed by atoms with Crippen LogP contribution in [0.15, 0.2) is 35.2 Å². The predicted molar refractivity (Wildman–Crippen MR) is 85.4 cm³/mol. The van der Waals surface area contributed by atoms with Crippen LogP contribution in [0, 0.1) is 12.4 Å². The van der Waals surface area contributed by atoms with E-state index in [9.17, 15) is 31.8 Å². The fraction of sp³-hybridized carbons (Fsp3) is 0.188. The van der Waals surface area contributed by atoms with Crippen LogP contribution in [-0.2, 0) is 10.0 Å². The quantitative estimate of drug-likeness (QED) is 0.685. The third-order valence-electron chi connectivity index (χ3n) is 4.00. The van der Waals surface area contributed by atoms with Crippen LogP contribution >= 0.6 is 0 Å². The van der Waals surface area contributed by atoms with E-state index in [4.69, 9.17) is 16.4 Å². The maximum atomic E-state index is 14.1. The van der Waals surface area contributed by atoms with E-state index in [0.29, 0.717) is 0 Å². The molecule has 0 saturated heterocycles. The van der Waals surface area contributed by atoms with Crippen molar-refractivity contribution in [3.63, 3.8) is 0 Å². The van der Waals surface area contributed by atoms with E-state index in [1.807, 2.05) is 0 Å². The van der Waals surface area contributed by atoms with Crippen LogP contribution in [0.1, 0.15) is 23.3 Å². The van der Waals surface area contributed by atoms with Crippen LogP contribution in [-0.4, -0.2) is 24.6 Å². The van der Waals surface area contributed by atoms with Gasteiger partial charge in [-0.25, -0.2) is 31.6 Å². The molecular formula is C16H11F3N2O5S. The topological polar surface area (TPSA) is 114 Å². The van der Waals surface area contributed by atoms with E-state index in [1.165, 1.54) is 0 Å². The molecule has 27 heavy (non-hydrogen) atoms. The number of halogens is 3. The summed E-state index contributed by atoms with van der Waals surface area (Å²) in [4.78, 5) is 2.23. The molecule has 0 saturated carbocycles. The minimum Gasteiger partial charge on any atom is -0.458 e. The van der Waals surface area contributed by atoms with Crippen molar-refractivity contribution in [2.45, 2.75) is 23.0 Å². The zero-order chi connectivity index (χ0) is 20.1. The number of hydrogen-bond acceptors (Lipinski definition) is 5. The molecule has 0 radical (unpaired) electrons. The summed E-state index contributed by atoms with van der Waals surface area (Å²) < 4.78 is 70.4. The highest BCUT2D eigenvalue weighted by Gasteiger charge is 2.57. The molecule has 0 aromatic heterocycles. The largest absolute Gasteiger partial charge is 0.458 e. The number of fused-ring (bicyclic) bond motifs is 1. The van der Waals surface area contributed by atoms with Gasteiger partial charge < -0.3 is 14.9 Å². The fourth-order valence-corrected chi connectivity index (χ4v) is 3.62. The normalized spacial score (nSPS) is 20.8. The van der Waals surface area contributed by atoms with Gasteiger partial charge in [0.2, 0.25) is 10.0 Å². The molecule has 0 spiro atoms. The van der Waals surface area contributed by atoms with Crippen molar-refractivity contribution in [2.75, 3.05) is 0 Å². The van der Waals surface area contributed by atoms with Crippen molar-refractivity contribution in [1.82, 2.24) is 0 Å². The average Bonchev–Trinajstić information content (AvgIpc) is 2.75.